The van der Waals surface area contributed by atoms with Gasteiger partial charge in [0.1, 0.15) is 11.6 Å². The number of ether oxygens (including phenoxy) is 1. The molecule has 2 aromatic carbocycles. The van der Waals surface area contributed by atoms with E-state index in [0.717, 1.165) is 23.1 Å². The van der Waals surface area contributed by atoms with Gasteiger partial charge in [0.15, 0.2) is 6.10 Å². The summed E-state index contributed by atoms with van der Waals surface area (Å²) >= 11 is 0. The maximum absolute atomic E-state index is 13.6. The van der Waals surface area contributed by atoms with Crippen LogP contribution in [0.25, 0.3) is 0 Å². The fraction of sp³-hybridized carbons (Fsp3) is 0.462. The smallest absolute Gasteiger partial charge is 0.260 e. The summed E-state index contributed by atoms with van der Waals surface area (Å²) in [5, 5.41) is 2.85. The molecule has 1 aliphatic rings. The topological polar surface area (TPSA) is 58.6 Å². The van der Waals surface area contributed by atoms with Gasteiger partial charge in [0.2, 0.25) is 5.91 Å². The average molecular weight is 441 g/mol. The fourth-order valence-corrected chi connectivity index (χ4v) is 4.07. The molecule has 172 valence electrons. The molecule has 5 nitrogen and oxygen atoms in total. The maximum atomic E-state index is 13.6. The zero-order chi connectivity index (χ0) is 23.4. The van der Waals surface area contributed by atoms with E-state index >= 15 is 0 Å². The van der Waals surface area contributed by atoms with Gasteiger partial charge in [-0.2, -0.15) is 0 Å². The molecule has 2 atom stereocenters. The lowest BCUT2D eigenvalue weighted by Gasteiger charge is -2.38. The summed E-state index contributed by atoms with van der Waals surface area (Å²) in [4.78, 5) is 27.3. The van der Waals surface area contributed by atoms with E-state index in [1.807, 2.05) is 50.8 Å². The predicted octanol–water partition coefficient (Wildman–Crippen LogP) is 4.64. The minimum atomic E-state index is -0.651. The summed E-state index contributed by atoms with van der Waals surface area (Å²) in [5.41, 5.74) is 2.93. The number of carbonyl (C=O) groups excluding carboxylic acids is 2. The molecule has 6 heteroatoms. The Morgan fingerprint density at radius 3 is 2.41 bits per heavy atom. The number of hydrogen-bond acceptors (Lipinski definition) is 3. The van der Waals surface area contributed by atoms with Gasteiger partial charge in [0, 0.05) is 19.0 Å². The van der Waals surface area contributed by atoms with Crippen LogP contribution in [0.5, 0.6) is 5.75 Å². The molecule has 0 fully saturated rings. The zero-order valence-corrected chi connectivity index (χ0v) is 19.5. The van der Waals surface area contributed by atoms with Crippen molar-refractivity contribution in [3.8, 4) is 5.75 Å². The van der Waals surface area contributed by atoms with Gasteiger partial charge < -0.3 is 15.0 Å². The summed E-state index contributed by atoms with van der Waals surface area (Å²) in [7, 11) is 0. The first kappa shape index (κ1) is 23.8. The lowest BCUT2D eigenvalue weighted by Crippen LogP contribution is -2.41. The summed E-state index contributed by atoms with van der Waals surface area (Å²) in [6.45, 7) is 10.2. The van der Waals surface area contributed by atoms with Crippen molar-refractivity contribution in [1.82, 2.24) is 10.2 Å². The Balaban J connectivity index is 1.96. The third-order valence-electron chi connectivity index (χ3n) is 5.55. The van der Waals surface area contributed by atoms with Crippen molar-refractivity contribution in [3.63, 3.8) is 0 Å². The molecule has 2 amide bonds. The molecule has 0 bridgehead atoms. The zero-order valence-electron chi connectivity index (χ0n) is 19.5. The molecule has 1 heterocycles. The lowest BCUT2D eigenvalue weighted by molar-refractivity contribution is -0.134. The van der Waals surface area contributed by atoms with Crippen LogP contribution in [0.1, 0.15) is 63.8 Å². The highest BCUT2D eigenvalue weighted by Crippen LogP contribution is 2.38. The van der Waals surface area contributed by atoms with Crippen LogP contribution in [-0.2, 0) is 16.0 Å². The van der Waals surface area contributed by atoms with Gasteiger partial charge in [-0.1, -0.05) is 32.0 Å². The van der Waals surface area contributed by atoms with Gasteiger partial charge in [-0.25, -0.2) is 4.39 Å². The quantitative estimate of drug-likeness (QED) is 0.683. The highest BCUT2D eigenvalue weighted by Gasteiger charge is 2.32. The largest absolute Gasteiger partial charge is 0.481 e. The summed E-state index contributed by atoms with van der Waals surface area (Å²) in [6.07, 6.45) is 0.540. The first-order valence-electron chi connectivity index (χ1n) is 11.3. The summed E-state index contributed by atoms with van der Waals surface area (Å²) in [6, 6.07) is 11.8. The van der Waals surface area contributed by atoms with Gasteiger partial charge >= 0.3 is 0 Å². The molecule has 2 aromatic rings. The van der Waals surface area contributed by atoms with Crippen molar-refractivity contribution in [3.05, 3.63) is 65.0 Å². The number of hydrogen-bond donors (Lipinski definition) is 1. The van der Waals surface area contributed by atoms with Crippen LogP contribution in [0.4, 0.5) is 4.39 Å². The minimum absolute atomic E-state index is 0.0282. The third kappa shape index (κ3) is 5.67. The number of amides is 2. The van der Waals surface area contributed by atoms with Gasteiger partial charge in [-0.3, -0.25) is 9.59 Å². The molecule has 0 aromatic heterocycles. The van der Waals surface area contributed by atoms with E-state index in [0.29, 0.717) is 18.7 Å². The normalized spacial score (nSPS) is 16.6. The second-order valence-electron chi connectivity index (χ2n) is 9.17. The van der Waals surface area contributed by atoms with Gasteiger partial charge in [-0.05, 0) is 74.1 Å². The monoisotopic (exact) mass is 440 g/mol. The lowest BCUT2D eigenvalue weighted by atomic mass is 9.87. The van der Waals surface area contributed by atoms with Crippen molar-refractivity contribution in [2.24, 2.45) is 5.92 Å². The number of fused-ring (bicyclic) bond motifs is 1. The van der Waals surface area contributed by atoms with Crippen LogP contribution in [0.15, 0.2) is 42.5 Å². The van der Waals surface area contributed by atoms with Crippen molar-refractivity contribution in [2.45, 2.75) is 65.6 Å². The van der Waals surface area contributed by atoms with E-state index in [9.17, 15) is 14.0 Å². The van der Waals surface area contributed by atoms with E-state index < -0.39 is 6.10 Å². The van der Waals surface area contributed by atoms with Crippen molar-refractivity contribution < 1.29 is 18.7 Å². The Kier molecular flexibility index (Phi) is 7.54. The van der Waals surface area contributed by atoms with E-state index in [1.165, 1.54) is 12.1 Å². The molecule has 0 aliphatic carbocycles. The average Bonchev–Trinajstić information content (AvgIpc) is 2.72. The van der Waals surface area contributed by atoms with Crippen LogP contribution in [0.2, 0.25) is 0 Å². The van der Waals surface area contributed by atoms with E-state index in [2.05, 4.69) is 5.32 Å². The van der Waals surface area contributed by atoms with E-state index in [-0.39, 0.29) is 35.6 Å². The van der Waals surface area contributed by atoms with Crippen LogP contribution in [0.3, 0.4) is 0 Å². The molecular formula is C26H33FN2O3. The molecule has 3 rings (SSSR count). The van der Waals surface area contributed by atoms with Crippen molar-refractivity contribution in [1.29, 1.82) is 0 Å². The molecular weight excluding hydrogens is 407 g/mol. The van der Waals surface area contributed by atoms with Crippen molar-refractivity contribution >= 4 is 11.8 Å². The molecule has 0 unspecified atom stereocenters. The fourth-order valence-electron chi connectivity index (χ4n) is 4.07. The van der Waals surface area contributed by atoms with Crippen molar-refractivity contribution in [2.75, 3.05) is 6.54 Å². The number of benzene rings is 2. The second kappa shape index (κ2) is 10.2. The van der Waals surface area contributed by atoms with Gasteiger partial charge in [0.25, 0.3) is 5.91 Å². The highest BCUT2D eigenvalue weighted by molar-refractivity contribution is 5.81. The first-order valence-corrected chi connectivity index (χ1v) is 11.3. The Morgan fingerprint density at radius 1 is 1.09 bits per heavy atom. The number of carbonyl (C=O) groups is 2. The Morgan fingerprint density at radius 2 is 1.78 bits per heavy atom. The molecule has 1 aliphatic heterocycles. The summed E-state index contributed by atoms with van der Waals surface area (Å²) in [5.74, 6) is 0.401. The minimum Gasteiger partial charge on any atom is -0.481 e. The highest BCUT2D eigenvalue weighted by atomic mass is 19.1. The molecule has 0 saturated carbocycles. The number of nitrogens with one attached hydrogen (secondary N) is 1. The van der Waals surface area contributed by atoms with E-state index in [1.54, 1.807) is 19.1 Å². The van der Waals surface area contributed by atoms with Crippen LogP contribution >= 0.6 is 0 Å². The Labute approximate surface area is 190 Å². The second-order valence-corrected chi connectivity index (χ2v) is 9.17. The molecule has 32 heavy (non-hydrogen) atoms. The summed E-state index contributed by atoms with van der Waals surface area (Å²) < 4.78 is 19.5. The first-order chi connectivity index (χ1) is 15.2. The van der Waals surface area contributed by atoms with Crippen LogP contribution in [0, 0.1) is 11.7 Å². The van der Waals surface area contributed by atoms with Gasteiger partial charge in [-0.15, -0.1) is 0 Å². The Bertz CT molecular complexity index is 956. The number of halogens is 1. The SMILES string of the molecule is CC(C)CC(=O)N1CCc2ccc(O[C@@H](C)C(=O)NC(C)C)cc2[C@H]1c1ccc(F)cc1. The number of nitrogens with zero attached hydrogens (tertiary/aromatic N) is 1. The molecule has 1 N–H and O–H groups in total. The Hall–Kier alpha value is -2.89. The predicted molar refractivity (Wildman–Crippen MR) is 123 cm³/mol. The standard InChI is InChI=1S/C26H33FN2O3/c1-16(2)14-24(30)29-13-12-19-8-11-22(32-18(5)26(31)28-17(3)4)15-23(19)25(29)20-6-9-21(27)10-7-20/h6-11,15-18,25H,12-14H2,1-5H3,(H,28,31)/t18-,25+/m0/s1. The van der Waals surface area contributed by atoms with Gasteiger partial charge in [0.05, 0.1) is 6.04 Å². The molecule has 0 spiro atoms. The molecule has 0 saturated heterocycles. The van der Waals surface area contributed by atoms with Crippen LogP contribution < -0.4 is 10.1 Å². The van der Waals surface area contributed by atoms with E-state index in [4.69, 9.17) is 4.74 Å². The number of rotatable bonds is 7. The maximum Gasteiger partial charge on any atom is 0.260 e. The molecule has 0 radical (unpaired) electrons. The third-order valence-corrected chi connectivity index (χ3v) is 5.55. The van der Waals surface area contributed by atoms with Crippen LogP contribution in [-0.4, -0.2) is 35.4 Å².